The van der Waals surface area contributed by atoms with Crippen molar-refractivity contribution in [3.05, 3.63) is 100 Å². The van der Waals surface area contributed by atoms with Crippen LogP contribution in [0.4, 0.5) is 5.69 Å². The number of hydrogen-bond donors (Lipinski definition) is 1. The van der Waals surface area contributed by atoms with Gasteiger partial charge in [-0.3, -0.25) is 9.10 Å². The number of benzene rings is 3. The standard InChI is InChI=1S/C29H36N2O3S/c1-20-9-8-10-21(2)27(20)31(35(7,33)34)19-23-11-13-25(14-12-23)28(32)30-22(3)24-15-17-26(18-16-24)29(4,5)6/h8-18,22H,19H2,1-7H3,(H,30,32)/t22-/m1/s1. The van der Waals surface area contributed by atoms with Gasteiger partial charge < -0.3 is 5.32 Å². The van der Waals surface area contributed by atoms with Gasteiger partial charge in [0.05, 0.1) is 24.5 Å². The summed E-state index contributed by atoms with van der Waals surface area (Å²) in [7, 11) is -3.49. The summed E-state index contributed by atoms with van der Waals surface area (Å²) in [6.45, 7) is 12.5. The predicted molar refractivity (Wildman–Crippen MR) is 144 cm³/mol. The van der Waals surface area contributed by atoms with E-state index in [-0.39, 0.29) is 23.9 Å². The van der Waals surface area contributed by atoms with Crippen molar-refractivity contribution < 1.29 is 13.2 Å². The van der Waals surface area contributed by atoms with Crippen molar-refractivity contribution >= 4 is 21.6 Å². The highest BCUT2D eigenvalue weighted by molar-refractivity contribution is 7.92. The molecule has 3 aromatic rings. The fourth-order valence-corrected chi connectivity index (χ4v) is 5.13. The van der Waals surface area contributed by atoms with Crippen molar-refractivity contribution in [2.24, 2.45) is 0 Å². The number of hydrogen-bond acceptors (Lipinski definition) is 3. The van der Waals surface area contributed by atoms with E-state index in [0.29, 0.717) is 11.3 Å². The molecule has 0 radical (unpaired) electrons. The first-order valence-corrected chi connectivity index (χ1v) is 13.7. The molecule has 0 aliphatic rings. The lowest BCUT2D eigenvalue weighted by molar-refractivity contribution is 0.0940. The van der Waals surface area contributed by atoms with Crippen LogP contribution in [0.1, 0.15) is 71.9 Å². The minimum absolute atomic E-state index is 0.0807. The number of nitrogens with one attached hydrogen (secondary N) is 1. The minimum Gasteiger partial charge on any atom is -0.346 e. The van der Waals surface area contributed by atoms with E-state index in [1.807, 2.05) is 51.1 Å². The molecule has 0 unspecified atom stereocenters. The van der Waals surface area contributed by atoms with Crippen LogP contribution in [-0.4, -0.2) is 20.6 Å². The smallest absolute Gasteiger partial charge is 0.251 e. The maximum absolute atomic E-state index is 12.8. The van der Waals surface area contributed by atoms with Crippen LogP contribution in [0.25, 0.3) is 0 Å². The van der Waals surface area contributed by atoms with Gasteiger partial charge in [0.2, 0.25) is 10.0 Å². The number of para-hydroxylation sites is 1. The molecule has 0 aromatic heterocycles. The van der Waals surface area contributed by atoms with Gasteiger partial charge in [0.1, 0.15) is 0 Å². The Morgan fingerprint density at radius 2 is 1.46 bits per heavy atom. The summed E-state index contributed by atoms with van der Waals surface area (Å²) in [5, 5.41) is 3.05. The average Bonchev–Trinajstić information content (AvgIpc) is 2.77. The van der Waals surface area contributed by atoms with E-state index in [4.69, 9.17) is 0 Å². The van der Waals surface area contributed by atoms with Crippen LogP contribution in [0.2, 0.25) is 0 Å². The van der Waals surface area contributed by atoms with Crippen LogP contribution in [0.3, 0.4) is 0 Å². The molecule has 0 bridgehead atoms. The summed E-state index contributed by atoms with van der Waals surface area (Å²) in [6.07, 6.45) is 1.22. The highest BCUT2D eigenvalue weighted by atomic mass is 32.2. The molecule has 3 aromatic carbocycles. The maximum Gasteiger partial charge on any atom is 0.251 e. The molecule has 35 heavy (non-hydrogen) atoms. The highest BCUT2D eigenvalue weighted by Gasteiger charge is 2.22. The third kappa shape index (κ3) is 6.51. The van der Waals surface area contributed by atoms with Gasteiger partial charge in [0, 0.05) is 5.56 Å². The first-order valence-electron chi connectivity index (χ1n) is 11.8. The third-order valence-corrected chi connectivity index (χ3v) is 7.37. The minimum atomic E-state index is -3.49. The molecule has 3 rings (SSSR count). The van der Waals surface area contributed by atoms with E-state index in [0.717, 1.165) is 22.3 Å². The van der Waals surface area contributed by atoms with E-state index in [2.05, 4.69) is 50.4 Å². The number of carbonyl (C=O) groups is 1. The van der Waals surface area contributed by atoms with Crippen LogP contribution in [0.5, 0.6) is 0 Å². The fourth-order valence-electron chi connectivity index (χ4n) is 4.12. The summed E-state index contributed by atoms with van der Waals surface area (Å²) in [5.41, 5.74) is 6.21. The Hall–Kier alpha value is -3.12. The van der Waals surface area contributed by atoms with Crippen molar-refractivity contribution in [3.63, 3.8) is 0 Å². The van der Waals surface area contributed by atoms with Gasteiger partial charge in [-0.05, 0) is 66.1 Å². The largest absolute Gasteiger partial charge is 0.346 e. The molecule has 0 saturated heterocycles. The molecule has 1 N–H and O–H groups in total. The van der Waals surface area contributed by atoms with Gasteiger partial charge in [-0.15, -0.1) is 0 Å². The summed E-state index contributed by atoms with van der Waals surface area (Å²) >= 11 is 0. The fraction of sp³-hybridized carbons (Fsp3) is 0.345. The Kier molecular flexibility index (Phi) is 7.75. The van der Waals surface area contributed by atoms with Crippen LogP contribution >= 0.6 is 0 Å². The molecule has 186 valence electrons. The Morgan fingerprint density at radius 3 is 1.94 bits per heavy atom. The van der Waals surface area contributed by atoms with E-state index >= 15 is 0 Å². The number of sulfonamides is 1. The van der Waals surface area contributed by atoms with Crippen molar-refractivity contribution in [3.8, 4) is 0 Å². The van der Waals surface area contributed by atoms with Crippen molar-refractivity contribution in [1.82, 2.24) is 5.32 Å². The number of carbonyl (C=O) groups excluding carboxylic acids is 1. The third-order valence-electron chi connectivity index (χ3n) is 6.26. The van der Waals surface area contributed by atoms with Crippen molar-refractivity contribution in [1.29, 1.82) is 0 Å². The van der Waals surface area contributed by atoms with E-state index in [1.54, 1.807) is 12.1 Å². The zero-order valence-corrected chi connectivity index (χ0v) is 22.5. The quantitative estimate of drug-likeness (QED) is 0.436. The molecule has 0 heterocycles. The molecule has 1 amide bonds. The highest BCUT2D eigenvalue weighted by Crippen LogP contribution is 2.29. The topological polar surface area (TPSA) is 66.5 Å². The number of rotatable bonds is 7. The van der Waals surface area contributed by atoms with E-state index in [9.17, 15) is 13.2 Å². The molecule has 0 spiro atoms. The zero-order chi connectivity index (χ0) is 26.0. The Bertz CT molecular complexity index is 1270. The first kappa shape index (κ1) is 26.5. The molecule has 0 aliphatic heterocycles. The molecule has 6 heteroatoms. The molecule has 0 aliphatic carbocycles. The molecule has 0 saturated carbocycles. The lowest BCUT2D eigenvalue weighted by atomic mass is 9.86. The zero-order valence-electron chi connectivity index (χ0n) is 21.7. The molecule has 5 nitrogen and oxygen atoms in total. The van der Waals surface area contributed by atoms with Gasteiger partial charge in [0.25, 0.3) is 5.91 Å². The summed E-state index contributed by atoms with van der Waals surface area (Å²) in [4.78, 5) is 12.8. The number of anilines is 1. The number of nitrogens with zero attached hydrogens (tertiary/aromatic N) is 1. The first-order chi connectivity index (χ1) is 16.3. The van der Waals surface area contributed by atoms with Crippen LogP contribution in [0.15, 0.2) is 66.7 Å². The second-order valence-electron chi connectivity index (χ2n) is 10.3. The van der Waals surface area contributed by atoms with Gasteiger partial charge in [-0.1, -0.05) is 75.4 Å². The van der Waals surface area contributed by atoms with Crippen LogP contribution in [0, 0.1) is 13.8 Å². The Labute approximate surface area is 210 Å². The Morgan fingerprint density at radius 1 is 0.914 bits per heavy atom. The average molecular weight is 493 g/mol. The predicted octanol–water partition coefficient (Wildman–Crippen LogP) is 6.06. The van der Waals surface area contributed by atoms with Gasteiger partial charge in [0.15, 0.2) is 0 Å². The molecular weight excluding hydrogens is 456 g/mol. The van der Waals surface area contributed by atoms with Gasteiger partial charge in [-0.25, -0.2) is 8.42 Å². The van der Waals surface area contributed by atoms with Crippen molar-refractivity contribution in [2.45, 2.75) is 59.5 Å². The molecular formula is C29H36N2O3S. The number of aryl methyl sites for hydroxylation is 2. The van der Waals surface area contributed by atoms with E-state index < -0.39 is 10.0 Å². The summed E-state index contributed by atoms with van der Waals surface area (Å²) < 4.78 is 26.6. The maximum atomic E-state index is 12.8. The summed E-state index contributed by atoms with van der Waals surface area (Å²) in [6, 6.07) is 21.0. The second kappa shape index (κ2) is 10.2. The normalized spacial score (nSPS) is 12.8. The lowest BCUT2D eigenvalue weighted by Crippen LogP contribution is -2.30. The van der Waals surface area contributed by atoms with E-state index in [1.165, 1.54) is 16.1 Å². The molecule has 1 atom stereocenters. The van der Waals surface area contributed by atoms with Crippen LogP contribution < -0.4 is 9.62 Å². The Balaban J connectivity index is 1.73. The van der Waals surface area contributed by atoms with Gasteiger partial charge >= 0.3 is 0 Å². The SMILES string of the molecule is Cc1cccc(C)c1N(Cc1ccc(C(=O)N[C@H](C)c2ccc(C(C)(C)C)cc2)cc1)S(C)(=O)=O. The number of amides is 1. The molecule has 0 fully saturated rings. The van der Waals surface area contributed by atoms with Crippen molar-refractivity contribution in [2.75, 3.05) is 10.6 Å². The monoisotopic (exact) mass is 492 g/mol. The summed E-state index contributed by atoms with van der Waals surface area (Å²) in [5.74, 6) is -0.168. The van der Waals surface area contributed by atoms with Gasteiger partial charge in [-0.2, -0.15) is 0 Å². The second-order valence-corrected chi connectivity index (χ2v) is 12.2. The lowest BCUT2D eigenvalue weighted by Gasteiger charge is -2.26. The van der Waals surface area contributed by atoms with Crippen LogP contribution in [-0.2, 0) is 22.0 Å².